The molecular formula is C19H31N5. The van der Waals surface area contributed by atoms with E-state index in [9.17, 15) is 0 Å². The van der Waals surface area contributed by atoms with Crippen molar-refractivity contribution in [2.75, 3.05) is 39.1 Å². The van der Waals surface area contributed by atoms with Crippen LogP contribution in [0.5, 0.6) is 0 Å². The molecule has 2 heterocycles. The Balaban J connectivity index is 1.62. The van der Waals surface area contributed by atoms with Gasteiger partial charge in [-0.1, -0.05) is 25.3 Å². The number of likely N-dealkylation sites (tertiary alicyclic amines) is 1. The quantitative estimate of drug-likeness (QED) is 0.684. The maximum atomic E-state index is 4.54. The number of nitrogens with one attached hydrogen (secondary N) is 1. The van der Waals surface area contributed by atoms with Gasteiger partial charge in [0, 0.05) is 52.5 Å². The fourth-order valence-corrected chi connectivity index (χ4v) is 4.30. The molecule has 1 aliphatic carbocycles. The minimum Gasteiger partial charge on any atom is -0.362 e. The van der Waals surface area contributed by atoms with E-state index in [4.69, 9.17) is 0 Å². The van der Waals surface area contributed by atoms with Crippen molar-refractivity contribution in [3.05, 3.63) is 23.9 Å². The predicted molar refractivity (Wildman–Crippen MR) is 100 cm³/mol. The van der Waals surface area contributed by atoms with Crippen molar-refractivity contribution in [3.63, 3.8) is 0 Å². The van der Waals surface area contributed by atoms with Crippen molar-refractivity contribution in [1.82, 2.24) is 15.2 Å². The summed E-state index contributed by atoms with van der Waals surface area (Å²) in [6.07, 6.45) is 10.2. The van der Waals surface area contributed by atoms with Gasteiger partial charge in [0.1, 0.15) is 5.82 Å². The van der Waals surface area contributed by atoms with Crippen LogP contribution >= 0.6 is 0 Å². The zero-order valence-corrected chi connectivity index (χ0v) is 15.4. The lowest BCUT2D eigenvalue weighted by molar-refractivity contribution is 0.203. The molecule has 1 saturated carbocycles. The van der Waals surface area contributed by atoms with E-state index < -0.39 is 0 Å². The molecule has 132 valence electrons. The summed E-state index contributed by atoms with van der Waals surface area (Å²) >= 11 is 0. The second kappa shape index (κ2) is 7.41. The van der Waals surface area contributed by atoms with Crippen molar-refractivity contribution < 1.29 is 0 Å². The number of hydrogen-bond acceptors (Lipinski definition) is 3. The Labute approximate surface area is 146 Å². The first kappa shape index (κ1) is 17.1. The predicted octanol–water partition coefficient (Wildman–Crippen LogP) is 2.88. The van der Waals surface area contributed by atoms with E-state index in [-0.39, 0.29) is 0 Å². The lowest BCUT2D eigenvalue weighted by atomic mass is 9.73. The average Bonchev–Trinajstić information content (AvgIpc) is 2.99. The van der Waals surface area contributed by atoms with Gasteiger partial charge in [-0.15, -0.1) is 0 Å². The summed E-state index contributed by atoms with van der Waals surface area (Å²) in [5.74, 6) is 2.05. The van der Waals surface area contributed by atoms with Gasteiger partial charge in [0.05, 0.1) is 0 Å². The molecular weight excluding hydrogens is 298 g/mol. The minimum absolute atomic E-state index is 0.555. The molecule has 5 heteroatoms. The van der Waals surface area contributed by atoms with Crippen LogP contribution in [0, 0.1) is 5.41 Å². The van der Waals surface area contributed by atoms with Gasteiger partial charge < -0.3 is 15.1 Å². The molecule has 2 fully saturated rings. The number of guanidine groups is 1. The maximum Gasteiger partial charge on any atom is 0.193 e. The van der Waals surface area contributed by atoms with Crippen LogP contribution in [0.25, 0.3) is 0 Å². The van der Waals surface area contributed by atoms with Crippen LogP contribution in [-0.4, -0.2) is 50.1 Å². The normalized spacial score (nSPS) is 20.5. The number of rotatable bonds is 3. The summed E-state index contributed by atoms with van der Waals surface area (Å²) in [7, 11) is 5.96. The van der Waals surface area contributed by atoms with Crippen molar-refractivity contribution in [3.8, 4) is 0 Å². The topological polar surface area (TPSA) is 43.8 Å². The Kier molecular flexibility index (Phi) is 5.27. The summed E-state index contributed by atoms with van der Waals surface area (Å²) in [5, 5.41) is 3.55. The number of aliphatic imine (C=N–C) groups is 1. The van der Waals surface area contributed by atoms with E-state index in [1.165, 1.54) is 50.6 Å². The van der Waals surface area contributed by atoms with Gasteiger partial charge in [-0.3, -0.25) is 4.99 Å². The average molecular weight is 329 g/mol. The molecule has 5 nitrogen and oxygen atoms in total. The first-order chi connectivity index (χ1) is 11.6. The highest BCUT2D eigenvalue weighted by Gasteiger charge is 2.39. The SMILES string of the molecule is CN=C(NCc1cccnc1N(C)C)N1CCC2(CCCCC2)C1. The van der Waals surface area contributed by atoms with Gasteiger partial charge in [-0.2, -0.15) is 0 Å². The summed E-state index contributed by atoms with van der Waals surface area (Å²) in [6.45, 7) is 3.06. The molecule has 0 radical (unpaired) electrons. The molecule has 0 bridgehead atoms. The molecule has 1 N–H and O–H groups in total. The summed E-state index contributed by atoms with van der Waals surface area (Å²) in [6, 6.07) is 4.13. The molecule has 2 aliphatic rings. The fraction of sp³-hybridized carbons (Fsp3) is 0.684. The lowest BCUT2D eigenvalue weighted by Crippen LogP contribution is -2.41. The Morgan fingerprint density at radius 3 is 2.79 bits per heavy atom. The van der Waals surface area contributed by atoms with Gasteiger partial charge in [0.25, 0.3) is 0 Å². The van der Waals surface area contributed by atoms with Gasteiger partial charge in [-0.05, 0) is 30.7 Å². The highest BCUT2D eigenvalue weighted by molar-refractivity contribution is 5.80. The highest BCUT2D eigenvalue weighted by Crippen LogP contribution is 2.43. The van der Waals surface area contributed by atoms with Crippen LogP contribution in [0.2, 0.25) is 0 Å². The van der Waals surface area contributed by atoms with E-state index in [2.05, 4.69) is 31.2 Å². The van der Waals surface area contributed by atoms with Crippen molar-refractivity contribution >= 4 is 11.8 Å². The van der Waals surface area contributed by atoms with Crippen LogP contribution in [0.4, 0.5) is 5.82 Å². The van der Waals surface area contributed by atoms with E-state index in [1.807, 2.05) is 33.4 Å². The summed E-state index contributed by atoms with van der Waals surface area (Å²) in [4.78, 5) is 13.5. The zero-order valence-electron chi connectivity index (χ0n) is 15.4. The molecule has 1 saturated heterocycles. The standard InChI is InChI=1S/C19H31N5/c1-20-18(22-14-16-8-7-12-21-17(16)23(2)3)24-13-11-19(15-24)9-5-4-6-10-19/h7-8,12H,4-6,9-11,13-15H2,1-3H3,(H,20,22). The van der Waals surface area contributed by atoms with Crippen LogP contribution in [-0.2, 0) is 6.54 Å². The molecule has 0 atom stereocenters. The second-order valence-corrected chi connectivity index (χ2v) is 7.51. The number of anilines is 1. The Morgan fingerprint density at radius 2 is 2.08 bits per heavy atom. The zero-order chi connectivity index (χ0) is 17.0. The third-order valence-corrected chi connectivity index (χ3v) is 5.59. The van der Waals surface area contributed by atoms with Crippen LogP contribution in [0.1, 0.15) is 44.1 Å². The maximum absolute atomic E-state index is 4.54. The first-order valence-electron chi connectivity index (χ1n) is 9.20. The Hall–Kier alpha value is -1.78. The van der Waals surface area contributed by atoms with Gasteiger partial charge in [0.15, 0.2) is 5.96 Å². The Morgan fingerprint density at radius 1 is 1.29 bits per heavy atom. The third kappa shape index (κ3) is 3.65. The van der Waals surface area contributed by atoms with Crippen LogP contribution < -0.4 is 10.2 Å². The number of nitrogens with zero attached hydrogens (tertiary/aromatic N) is 4. The smallest absolute Gasteiger partial charge is 0.193 e. The molecule has 0 amide bonds. The Bertz CT molecular complexity index is 575. The second-order valence-electron chi connectivity index (χ2n) is 7.51. The molecule has 1 aromatic heterocycles. The molecule has 0 aromatic carbocycles. The van der Waals surface area contributed by atoms with E-state index in [0.29, 0.717) is 5.41 Å². The lowest BCUT2D eigenvalue weighted by Gasteiger charge is -2.33. The summed E-state index contributed by atoms with van der Waals surface area (Å²) in [5.41, 5.74) is 1.76. The third-order valence-electron chi connectivity index (χ3n) is 5.59. The van der Waals surface area contributed by atoms with E-state index >= 15 is 0 Å². The van der Waals surface area contributed by atoms with Crippen molar-refractivity contribution in [2.45, 2.75) is 45.1 Å². The number of hydrogen-bond donors (Lipinski definition) is 1. The largest absolute Gasteiger partial charge is 0.362 e. The molecule has 1 aliphatic heterocycles. The van der Waals surface area contributed by atoms with Gasteiger partial charge >= 0.3 is 0 Å². The first-order valence-corrected chi connectivity index (χ1v) is 9.20. The van der Waals surface area contributed by atoms with E-state index in [0.717, 1.165) is 24.9 Å². The molecule has 1 spiro atoms. The number of pyridine rings is 1. The van der Waals surface area contributed by atoms with Crippen LogP contribution in [0.15, 0.2) is 23.3 Å². The summed E-state index contributed by atoms with van der Waals surface area (Å²) < 4.78 is 0. The van der Waals surface area contributed by atoms with E-state index in [1.54, 1.807) is 0 Å². The molecule has 24 heavy (non-hydrogen) atoms. The molecule has 1 aromatic rings. The highest BCUT2D eigenvalue weighted by atomic mass is 15.3. The van der Waals surface area contributed by atoms with Crippen LogP contribution in [0.3, 0.4) is 0 Å². The molecule has 0 unspecified atom stereocenters. The fourth-order valence-electron chi connectivity index (χ4n) is 4.30. The van der Waals surface area contributed by atoms with Crippen molar-refractivity contribution in [2.24, 2.45) is 10.4 Å². The molecule has 3 rings (SSSR count). The van der Waals surface area contributed by atoms with Gasteiger partial charge in [-0.25, -0.2) is 4.98 Å². The monoisotopic (exact) mass is 329 g/mol. The number of aromatic nitrogens is 1. The van der Waals surface area contributed by atoms with Gasteiger partial charge in [0.2, 0.25) is 0 Å². The minimum atomic E-state index is 0.555. The van der Waals surface area contributed by atoms with Crippen molar-refractivity contribution in [1.29, 1.82) is 0 Å².